The topological polar surface area (TPSA) is 92.3 Å². The number of allylic oxidation sites excluding steroid dienone is 1. The van der Waals surface area contributed by atoms with E-state index in [1.165, 1.54) is 15.9 Å². The lowest BCUT2D eigenvalue weighted by Crippen LogP contribution is -2.39. The van der Waals surface area contributed by atoms with Gasteiger partial charge in [0.2, 0.25) is 0 Å². The Morgan fingerprint density at radius 2 is 1.88 bits per heavy atom. The second-order valence-electron chi connectivity index (χ2n) is 8.85. The molecule has 0 amide bonds. The average Bonchev–Trinajstić information content (AvgIpc) is 3.53. The number of fused-ring (bicyclic) bond motifs is 1. The van der Waals surface area contributed by atoms with Gasteiger partial charge in [-0.05, 0) is 85.3 Å². The fourth-order valence-electron chi connectivity index (χ4n) is 4.57. The average molecular weight is 671 g/mol. The maximum atomic E-state index is 13.9. The Labute approximate surface area is 248 Å². The van der Waals surface area contributed by atoms with Gasteiger partial charge in [0.15, 0.2) is 16.3 Å². The van der Waals surface area contributed by atoms with Crippen molar-refractivity contribution in [2.45, 2.75) is 26.8 Å². The Morgan fingerprint density at radius 1 is 1.10 bits per heavy atom. The zero-order chi connectivity index (χ0) is 28.4. The summed E-state index contributed by atoms with van der Waals surface area (Å²) in [6, 6.07) is 16.3. The predicted molar refractivity (Wildman–Crippen MR) is 161 cm³/mol. The van der Waals surface area contributed by atoms with E-state index in [1.54, 1.807) is 39.2 Å². The summed E-state index contributed by atoms with van der Waals surface area (Å²) in [7, 11) is 1.56. The van der Waals surface area contributed by atoms with Gasteiger partial charge in [-0.25, -0.2) is 9.79 Å². The van der Waals surface area contributed by atoms with Gasteiger partial charge < -0.3 is 18.6 Å². The lowest BCUT2D eigenvalue weighted by Gasteiger charge is -2.25. The van der Waals surface area contributed by atoms with Crippen molar-refractivity contribution in [2.75, 3.05) is 20.3 Å². The third-order valence-corrected chi connectivity index (χ3v) is 8.05. The van der Waals surface area contributed by atoms with Crippen LogP contribution in [0.2, 0.25) is 0 Å². The van der Waals surface area contributed by atoms with Crippen molar-refractivity contribution in [3.8, 4) is 22.8 Å². The van der Waals surface area contributed by atoms with Crippen LogP contribution < -0.4 is 24.4 Å². The third-order valence-electron chi connectivity index (χ3n) is 6.35. The number of nitrogens with zero attached hydrogens (tertiary/aromatic N) is 2. The van der Waals surface area contributed by atoms with Crippen molar-refractivity contribution in [1.82, 2.24) is 4.57 Å². The van der Waals surface area contributed by atoms with Gasteiger partial charge in [-0.1, -0.05) is 29.5 Å². The van der Waals surface area contributed by atoms with Crippen LogP contribution in [0.15, 0.2) is 80.1 Å². The maximum absolute atomic E-state index is 13.9. The van der Waals surface area contributed by atoms with Crippen molar-refractivity contribution >= 4 is 46.0 Å². The predicted octanol–water partition coefficient (Wildman–Crippen LogP) is 5.07. The molecule has 206 valence electrons. The molecular weight excluding hydrogens is 643 g/mol. The first-order valence-electron chi connectivity index (χ1n) is 12.7. The summed E-state index contributed by atoms with van der Waals surface area (Å²) in [5.41, 5.74) is 2.12. The molecule has 1 aliphatic heterocycles. The molecule has 5 rings (SSSR count). The van der Waals surface area contributed by atoms with E-state index >= 15 is 0 Å². The number of methoxy groups -OCH3 is 1. The molecule has 4 aromatic rings. The number of aromatic nitrogens is 1. The number of ether oxygens (including phenoxy) is 3. The van der Waals surface area contributed by atoms with Crippen molar-refractivity contribution in [3.05, 3.63) is 100 Å². The summed E-state index contributed by atoms with van der Waals surface area (Å²) in [6.07, 6.45) is 1.71. The van der Waals surface area contributed by atoms with E-state index < -0.39 is 12.0 Å². The highest BCUT2D eigenvalue weighted by Crippen LogP contribution is 2.36. The number of hydrogen-bond donors (Lipinski definition) is 0. The second-order valence-corrected chi connectivity index (χ2v) is 11.1. The highest BCUT2D eigenvalue weighted by atomic mass is 127. The Kier molecular flexibility index (Phi) is 8.27. The van der Waals surface area contributed by atoms with E-state index in [-0.39, 0.29) is 12.2 Å². The van der Waals surface area contributed by atoms with E-state index in [0.29, 0.717) is 55.8 Å². The van der Waals surface area contributed by atoms with Gasteiger partial charge in [0.25, 0.3) is 5.56 Å². The van der Waals surface area contributed by atoms with E-state index in [2.05, 4.69) is 27.6 Å². The van der Waals surface area contributed by atoms with Crippen LogP contribution in [-0.2, 0) is 9.53 Å². The summed E-state index contributed by atoms with van der Waals surface area (Å²) in [4.78, 5) is 32.2. The first-order valence-corrected chi connectivity index (χ1v) is 14.6. The smallest absolute Gasteiger partial charge is 0.338 e. The summed E-state index contributed by atoms with van der Waals surface area (Å²) in [5, 5.41) is 0. The molecule has 0 N–H and O–H groups in total. The van der Waals surface area contributed by atoms with Crippen LogP contribution in [0.5, 0.6) is 11.5 Å². The minimum absolute atomic E-state index is 0.195. The normalized spacial score (nSPS) is 15.0. The van der Waals surface area contributed by atoms with Gasteiger partial charge in [-0.15, -0.1) is 0 Å². The molecule has 10 heteroatoms. The molecule has 1 atom stereocenters. The molecule has 0 fully saturated rings. The number of halogens is 1. The number of thiazole rings is 1. The minimum Gasteiger partial charge on any atom is -0.493 e. The molecule has 3 heterocycles. The number of carbonyl (C=O) groups is 1. The molecule has 0 saturated heterocycles. The number of esters is 1. The molecule has 0 spiro atoms. The van der Waals surface area contributed by atoms with Gasteiger partial charge in [0.1, 0.15) is 11.5 Å². The number of hydrogen-bond acceptors (Lipinski definition) is 8. The quantitative estimate of drug-likeness (QED) is 0.192. The highest BCUT2D eigenvalue weighted by molar-refractivity contribution is 14.1. The Hall–Kier alpha value is -3.64. The standard InChI is InChI=1S/C30H27IN2O6S/c1-5-37-24-15-19(9-13-23(24)36-4)27-26(29(35)38-6-2)17(3)32-30-33(27)28(34)25(40-30)16-21-12-14-22(39-21)18-7-10-20(31)11-8-18/h7-16,27H,5-6H2,1-4H3/b25-16-/t27-/m1/s1. The number of rotatable bonds is 8. The summed E-state index contributed by atoms with van der Waals surface area (Å²) in [6.45, 7) is 5.99. The molecule has 0 aliphatic carbocycles. The summed E-state index contributed by atoms with van der Waals surface area (Å²) >= 11 is 3.50. The highest BCUT2D eigenvalue weighted by Gasteiger charge is 2.34. The monoisotopic (exact) mass is 670 g/mol. The van der Waals surface area contributed by atoms with E-state index in [9.17, 15) is 9.59 Å². The van der Waals surface area contributed by atoms with Gasteiger partial charge >= 0.3 is 5.97 Å². The van der Waals surface area contributed by atoms with Gasteiger partial charge in [0, 0.05) is 15.2 Å². The molecule has 0 bridgehead atoms. The van der Waals surface area contributed by atoms with Crippen molar-refractivity contribution in [3.63, 3.8) is 0 Å². The van der Waals surface area contributed by atoms with Crippen LogP contribution in [-0.4, -0.2) is 30.9 Å². The number of benzene rings is 2. The first-order chi connectivity index (χ1) is 19.3. The van der Waals surface area contributed by atoms with Crippen LogP contribution >= 0.6 is 33.9 Å². The lowest BCUT2D eigenvalue weighted by molar-refractivity contribution is -0.139. The van der Waals surface area contributed by atoms with Gasteiger partial charge in [-0.2, -0.15) is 0 Å². The van der Waals surface area contributed by atoms with Crippen molar-refractivity contribution in [2.24, 2.45) is 4.99 Å². The van der Waals surface area contributed by atoms with Gasteiger partial charge in [-0.3, -0.25) is 9.36 Å². The van der Waals surface area contributed by atoms with E-state index in [4.69, 9.17) is 18.6 Å². The number of furan rings is 1. The number of carbonyl (C=O) groups excluding carboxylic acids is 1. The molecule has 0 unspecified atom stereocenters. The molecular formula is C30H27IN2O6S. The zero-order valence-electron chi connectivity index (χ0n) is 22.4. The molecule has 0 saturated carbocycles. The molecule has 40 heavy (non-hydrogen) atoms. The fourth-order valence-corrected chi connectivity index (χ4v) is 5.95. The van der Waals surface area contributed by atoms with E-state index in [0.717, 1.165) is 9.13 Å². The zero-order valence-corrected chi connectivity index (χ0v) is 25.4. The Bertz CT molecular complexity index is 1780. The fraction of sp³-hybridized carbons (Fsp3) is 0.233. The van der Waals surface area contributed by atoms with Crippen LogP contribution in [0.4, 0.5) is 0 Å². The molecule has 1 aliphatic rings. The van der Waals surface area contributed by atoms with Crippen LogP contribution in [0, 0.1) is 3.57 Å². The van der Waals surface area contributed by atoms with E-state index in [1.807, 2.05) is 49.4 Å². The van der Waals surface area contributed by atoms with Crippen LogP contribution in [0.1, 0.15) is 38.1 Å². The SMILES string of the molecule is CCOC(=O)C1=C(C)N=c2s/c(=C\c3ccc(-c4ccc(I)cc4)o3)c(=O)n2[C@@H]1c1ccc(OC)c(OCC)c1. The van der Waals surface area contributed by atoms with Crippen LogP contribution in [0.25, 0.3) is 17.4 Å². The lowest BCUT2D eigenvalue weighted by atomic mass is 9.95. The molecule has 8 nitrogen and oxygen atoms in total. The minimum atomic E-state index is -0.762. The van der Waals surface area contributed by atoms with Crippen LogP contribution in [0.3, 0.4) is 0 Å². The van der Waals surface area contributed by atoms with Crippen molar-refractivity contribution in [1.29, 1.82) is 0 Å². The molecule has 2 aromatic carbocycles. The largest absolute Gasteiger partial charge is 0.493 e. The summed E-state index contributed by atoms with van der Waals surface area (Å²) < 4.78 is 25.8. The second kappa shape index (κ2) is 11.8. The first kappa shape index (κ1) is 27.9. The maximum Gasteiger partial charge on any atom is 0.338 e. The third kappa shape index (κ3) is 5.37. The molecule has 0 radical (unpaired) electrons. The van der Waals surface area contributed by atoms with Crippen molar-refractivity contribution < 1.29 is 23.4 Å². The Balaban J connectivity index is 1.65. The Morgan fingerprint density at radius 3 is 2.58 bits per heavy atom. The molecule has 2 aromatic heterocycles. The van der Waals surface area contributed by atoms with Gasteiger partial charge in [0.05, 0.1) is 42.2 Å². The summed E-state index contributed by atoms with van der Waals surface area (Å²) in [5.74, 6) is 1.79.